The Hall–Kier alpha value is -0.770. The summed E-state index contributed by atoms with van der Waals surface area (Å²) in [6.07, 6.45) is 2.25. The number of hydrogen-bond donors (Lipinski definition) is 1. The summed E-state index contributed by atoms with van der Waals surface area (Å²) in [5.74, 6) is 0.704. The summed E-state index contributed by atoms with van der Waals surface area (Å²) in [5, 5.41) is 9.91. The van der Waals surface area contributed by atoms with Crippen LogP contribution in [-0.2, 0) is 6.54 Å². The fourth-order valence-electron chi connectivity index (χ4n) is 2.35. The van der Waals surface area contributed by atoms with Crippen molar-refractivity contribution in [3.8, 4) is 5.75 Å². The highest BCUT2D eigenvalue weighted by Gasteiger charge is 2.23. The Kier molecular flexibility index (Phi) is 4.26. The minimum absolute atomic E-state index is 0.240. The van der Waals surface area contributed by atoms with E-state index in [4.69, 9.17) is 16.3 Å². The molecular formula is C13H18ClNO2. The van der Waals surface area contributed by atoms with Gasteiger partial charge in [0.25, 0.3) is 0 Å². The molecule has 0 spiro atoms. The van der Waals surface area contributed by atoms with Crippen molar-refractivity contribution in [3.05, 3.63) is 28.8 Å². The van der Waals surface area contributed by atoms with E-state index in [1.54, 1.807) is 7.11 Å². The Morgan fingerprint density at radius 1 is 1.53 bits per heavy atom. The lowest BCUT2D eigenvalue weighted by Gasteiger charge is -2.22. The zero-order valence-electron chi connectivity index (χ0n) is 10.0. The van der Waals surface area contributed by atoms with Crippen LogP contribution in [0.3, 0.4) is 0 Å². The van der Waals surface area contributed by atoms with E-state index in [1.165, 1.54) is 0 Å². The number of hydrogen-bond acceptors (Lipinski definition) is 3. The highest BCUT2D eigenvalue weighted by molar-refractivity contribution is 6.32. The van der Waals surface area contributed by atoms with Crippen molar-refractivity contribution in [1.29, 1.82) is 0 Å². The van der Waals surface area contributed by atoms with E-state index in [-0.39, 0.29) is 6.61 Å². The first kappa shape index (κ1) is 12.7. The van der Waals surface area contributed by atoms with Crippen LogP contribution in [0.4, 0.5) is 0 Å². The molecule has 0 saturated carbocycles. The van der Waals surface area contributed by atoms with Crippen molar-refractivity contribution < 1.29 is 9.84 Å². The Morgan fingerprint density at radius 3 is 3.00 bits per heavy atom. The van der Waals surface area contributed by atoms with Gasteiger partial charge in [0, 0.05) is 12.6 Å². The van der Waals surface area contributed by atoms with Crippen LogP contribution in [0.1, 0.15) is 18.4 Å². The van der Waals surface area contributed by atoms with Gasteiger partial charge in [-0.1, -0.05) is 17.7 Å². The van der Waals surface area contributed by atoms with Crippen LogP contribution in [0.15, 0.2) is 18.2 Å². The average molecular weight is 256 g/mol. The maximum absolute atomic E-state index is 9.26. The molecule has 1 aliphatic heterocycles. The lowest BCUT2D eigenvalue weighted by atomic mass is 10.2. The maximum atomic E-state index is 9.26. The number of halogens is 1. The van der Waals surface area contributed by atoms with Gasteiger partial charge in [-0.05, 0) is 37.1 Å². The molecule has 4 heteroatoms. The lowest BCUT2D eigenvalue weighted by Crippen LogP contribution is -2.31. The van der Waals surface area contributed by atoms with Crippen LogP contribution in [0, 0.1) is 0 Å². The number of ether oxygens (including phenoxy) is 1. The first-order valence-electron chi connectivity index (χ1n) is 5.92. The summed E-state index contributed by atoms with van der Waals surface area (Å²) < 4.78 is 5.13. The molecule has 1 unspecified atom stereocenters. The molecule has 1 heterocycles. The third kappa shape index (κ3) is 2.92. The summed E-state index contributed by atoms with van der Waals surface area (Å²) in [4.78, 5) is 2.30. The van der Waals surface area contributed by atoms with Gasteiger partial charge in [0.1, 0.15) is 5.75 Å². The standard InChI is InChI=1S/C13H18ClNO2/c1-17-13-5-4-10(7-12(13)14)8-15-6-2-3-11(15)9-16/h4-5,7,11,16H,2-3,6,8-9H2,1H3. The van der Waals surface area contributed by atoms with E-state index in [0.29, 0.717) is 16.8 Å². The second kappa shape index (κ2) is 5.71. The fourth-order valence-corrected chi connectivity index (χ4v) is 2.63. The van der Waals surface area contributed by atoms with E-state index < -0.39 is 0 Å². The third-order valence-corrected chi connectivity index (χ3v) is 3.61. The van der Waals surface area contributed by atoms with Gasteiger partial charge in [-0.25, -0.2) is 0 Å². The molecule has 0 amide bonds. The maximum Gasteiger partial charge on any atom is 0.137 e. The van der Waals surface area contributed by atoms with Gasteiger partial charge in [-0.2, -0.15) is 0 Å². The SMILES string of the molecule is COc1ccc(CN2CCCC2CO)cc1Cl. The Morgan fingerprint density at radius 2 is 2.35 bits per heavy atom. The molecule has 0 radical (unpaired) electrons. The van der Waals surface area contributed by atoms with Gasteiger partial charge in [0.05, 0.1) is 18.7 Å². The van der Waals surface area contributed by atoms with Crippen molar-refractivity contribution in [2.75, 3.05) is 20.3 Å². The predicted octanol–water partition coefficient (Wildman–Crippen LogP) is 2.31. The second-order valence-electron chi connectivity index (χ2n) is 4.42. The quantitative estimate of drug-likeness (QED) is 0.896. The number of aliphatic hydroxyl groups is 1. The van der Waals surface area contributed by atoms with Crippen molar-refractivity contribution >= 4 is 11.6 Å². The number of benzene rings is 1. The number of likely N-dealkylation sites (tertiary alicyclic amines) is 1. The molecule has 1 aliphatic rings. The first-order valence-corrected chi connectivity index (χ1v) is 6.29. The van der Waals surface area contributed by atoms with E-state index in [1.807, 2.05) is 18.2 Å². The first-order chi connectivity index (χ1) is 8.24. The predicted molar refractivity (Wildman–Crippen MR) is 68.5 cm³/mol. The molecule has 0 aromatic heterocycles. The molecule has 1 fully saturated rings. The van der Waals surface area contributed by atoms with Gasteiger partial charge in [0.2, 0.25) is 0 Å². The van der Waals surface area contributed by atoms with E-state index in [9.17, 15) is 5.11 Å². The molecule has 2 rings (SSSR count). The Labute approximate surface area is 107 Å². The van der Waals surface area contributed by atoms with Gasteiger partial charge < -0.3 is 9.84 Å². The lowest BCUT2D eigenvalue weighted by molar-refractivity contribution is 0.153. The topological polar surface area (TPSA) is 32.7 Å². The summed E-state index contributed by atoms with van der Waals surface area (Å²) in [6, 6.07) is 6.16. The van der Waals surface area contributed by atoms with Gasteiger partial charge in [-0.15, -0.1) is 0 Å². The van der Waals surface area contributed by atoms with Crippen LogP contribution < -0.4 is 4.74 Å². The highest BCUT2D eigenvalue weighted by Crippen LogP contribution is 2.27. The highest BCUT2D eigenvalue weighted by atomic mass is 35.5. The van der Waals surface area contributed by atoms with Crippen LogP contribution in [0.2, 0.25) is 5.02 Å². The minimum Gasteiger partial charge on any atom is -0.495 e. The smallest absolute Gasteiger partial charge is 0.137 e. The van der Waals surface area contributed by atoms with Crippen LogP contribution in [0.25, 0.3) is 0 Å². The Bertz CT molecular complexity index is 384. The van der Waals surface area contributed by atoms with E-state index in [2.05, 4.69) is 4.90 Å². The summed E-state index contributed by atoms with van der Waals surface area (Å²) in [6.45, 7) is 2.13. The molecule has 0 bridgehead atoms. The molecule has 1 aromatic carbocycles. The number of aliphatic hydroxyl groups excluding tert-OH is 1. The molecule has 1 N–H and O–H groups in total. The number of nitrogens with zero attached hydrogens (tertiary/aromatic N) is 1. The normalized spacial score (nSPS) is 20.8. The molecular weight excluding hydrogens is 238 g/mol. The average Bonchev–Trinajstić information content (AvgIpc) is 2.76. The van der Waals surface area contributed by atoms with Crippen molar-refractivity contribution in [1.82, 2.24) is 4.90 Å². The number of methoxy groups -OCH3 is 1. The van der Waals surface area contributed by atoms with Gasteiger partial charge in [0.15, 0.2) is 0 Å². The molecule has 94 valence electrons. The monoisotopic (exact) mass is 255 g/mol. The van der Waals surface area contributed by atoms with Gasteiger partial charge >= 0.3 is 0 Å². The molecule has 17 heavy (non-hydrogen) atoms. The van der Waals surface area contributed by atoms with Crippen molar-refractivity contribution in [2.45, 2.75) is 25.4 Å². The molecule has 1 atom stereocenters. The van der Waals surface area contributed by atoms with Crippen molar-refractivity contribution in [2.24, 2.45) is 0 Å². The van der Waals surface area contributed by atoms with Crippen molar-refractivity contribution in [3.63, 3.8) is 0 Å². The van der Waals surface area contributed by atoms with Crippen LogP contribution in [0.5, 0.6) is 5.75 Å². The fraction of sp³-hybridized carbons (Fsp3) is 0.538. The zero-order chi connectivity index (χ0) is 12.3. The minimum atomic E-state index is 0.240. The summed E-state index contributed by atoms with van der Waals surface area (Å²) >= 11 is 6.09. The molecule has 1 saturated heterocycles. The van der Waals surface area contributed by atoms with Gasteiger partial charge in [-0.3, -0.25) is 4.90 Å². The van der Waals surface area contributed by atoms with Crippen LogP contribution in [-0.4, -0.2) is 36.3 Å². The van der Waals surface area contributed by atoms with E-state index >= 15 is 0 Å². The molecule has 1 aromatic rings. The Balaban J connectivity index is 2.05. The van der Waals surface area contributed by atoms with E-state index in [0.717, 1.165) is 31.5 Å². The molecule has 3 nitrogen and oxygen atoms in total. The number of rotatable bonds is 4. The van der Waals surface area contributed by atoms with Crippen LogP contribution >= 0.6 is 11.6 Å². The summed E-state index contributed by atoms with van der Waals surface area (Å²) in [7, 11) is 1.61. The second-order valence-corrected chi connectivity index (χ2v) is 4.83. The molecule has 0 aliphatic carbocycles. The third-order valence-electron chi connectivity index (χ3n) is 3.31. The zero-order valence-corrected chi connectivity index (χ0v) is 10.8. The largest absolute Gasteiger partial charge is 0.495 e. The summed E-state index contributed by atoms with van der Waals surface area (Å²) in [5.41, 5.74) is 1.16.